The summed E-state index contributed by atoms with van der Waals surface area (Å²) in [6.07, 6.45) is 4.34. The van der Waals surface area contributed by atoms with Crippen molar-refractivity contribution in [3.8, 4) is 16.6 Å². The van der Waals surface area contributed by atoms with Crippen LogP contribution in [0.4, 0.5) is 10.2 Å². The molecule has 28 heavy (non-hydrogen) atoms. The highest BCUT2D eigenvalue weighted by molar-refractivity contribution is 7.17. The van der Waals surface area contributed by atoms with Crippen molar-refractivity contribution in [1.29, 1.82) is 0 Å². The molecular formula is C18H17FN6O2S. The molecule has 1 amide bonds. The summed E-state index contributed by atoms with van der Waals surface area (Å²) in [5.74, 6) is -0.928. The molecule has 1 saturated carbocycles. The molecule has 0 aromatic carbocycles. The lowest BCUT2D eigenvalue weighted by molar-refractivity contribution is 0.100. The van der Waals surface area contributed by atoms with Gasteiger partial charge in [0.2, 0.25) is 5.88 Å². The van der Waals surface area contributed by atoms with Gasteiger partial charge in [0.05, 0.1) is 5.69 Å². The Bertz CT molecular complexity index is 1020. The van der Waals surface area contributed by atoms with Gasteiger partial charge in [-0.05, 0) is 37.1 Å². The van der Waals surface area contributed by atoms with Crippen LogP contribution in [0, 0.1) is 5.82 Å². The number of nitrogens with zero attached hydrogens (tertiary/aromatic N) is 4. The second-order valence-electron chi connectivity index (χ2n) is 6.66. The number of nitrogens with two attached hydrogens (primary N) is 1. The van der Waals surface area contributed by atoms with E-state index in [1.165, 1.54) is 6.07 Å². The molecule has 10 heteroatoms. The van der Waals surface area contributed by atoms with Gasteiger partial charge in [0.15, 0.2) is 4.88 Å². The summed E-state index contributed by atoms with van der Waals surface area (Å²) in [5, 5.41) is 21.4. The molecule has 3 aromatic rings. The average molecular weight is 400 g/mol. The number of aromatic hydroxyl groups is 1. The van der Waals surface area contributed by atoms with Gasteiger partial charge in [0, 0.05) is 18.2 Å². The van der Waals surface area contributed by atoms with Gasteiger partial charge < -0.3 is 16.2 Å². The minimum absolute atomic E-state index is 0.0247. The Balaban J connectivity index is 1.48. The Morgan fingerprint density at radius 2 is 2.14 bits per heavy atom. The van der Waals surface area contributed by atoms with E-state index in [1.54, 1.807) is 24.4 Å². The van der Waals surface area contributed by atoms with E-state index in [0.717, 1.165) is 30.6 Å². The number of amides is 1. The fourth-order valence-corrected chi connectivity index (χ4v) is 4.04. The van der Waals surface area contributed by atoms with Crippen LogP contribution >= 0.6 is 11.3 Å². The molecule has 1 fully saturated rings. The summed E-state index contributed by atoms with van der Waals surface area (Å²) < 4.78 is 14.2. The topological polar surface area (TPSA) is 127 Å². The van der Waals surface area contributed by atoms with Crippen LogP contribution < -0.4 is 11.1 Å². The summed E-state index contributed by atoms with van der Waals surface area (Å²) in [6, 6.07) is 6.41. The summed E-state index contributed by atoms with van der Waals surface area (Å²) in [6.45, 7) is 0.499. The number of nitrogens with one attached hydrogen (secondary N) is 1. The zero-order valence-corrected chi connectivity index (χ0v) is 15.5. The third kappa shape index (κ3) is 3.26. The molecule has 0 bridgehead atoms. The maximum absolute atomic E-state index is 14.2. The van der Waals surface area contributed by atoms with E-state index in [4.69, 9.17) is 5.73 Å². The first kappa shape index (κ1) is 18.2. The molecule has 4 rings (SSSR count). The minimum atomic E-state index is -0.750. The molecule has 0 unspecified atom stereocenters. The van der Waals surface area contributed by atoms with Gasteiger partial charge in [0.25, 0.3) is 5.91 Å². The Kier molecular flexibility index (Phi) is 4.63. The van der Waals surface area contributed by atoms with Crippen LogP contribution in [-0.2, 0) is 5.41 Å². The van der Waals surface area contributed by atoms with Crippen molar-refractivity contribution in [1.82, 2.24) is 20.2 Å². The van der Waals surface area contributed by atoms with Crippen molar-refractivity contribution in [3.63, 3.8) is 0 Å². The van der Waals surface area contributed by atoms with Gasteiger partial charge in [-0.2, -0.15) is 4.98 Å². The number of hydrogen-bond donors (Lipinski definition) is 3. The largest absolute Gasteiger partial charge is 0.492 e. The monoisotopic (exact) mass is 400 g/mol. The van der Waals surface area contributed by atoms with Gasteiger partial charge in [0.1, 0.15) is 22.3 Å². The van der Waals surface area contributed by atoms with E-state index in [9.17, 15) is 14.3 Å². The summed E-state index contributed by atoms with van der Waals surface area (Å²) in [4.78, 5) is 19.3. The van der Waals surface area contributed by atoms with E-state index >= 15 is 0 Å². The number of thiazole rings is 1. The van der Waals surface area contributed by atoms with Gasteiger partial charge in [-0.15, -0.1) is 21.5 Å². The molecule has 0 saturated heterocycles. The average Bonchev–Trinajstić information content (AvgIpc) is 3.05. The Morgan fingerprint density at radius 3 is 2.71 bits per heavy atom. The van der Waals surface area contributed by atoms with Crippen molar-refractivity contribution in [3.05, 3.63) is 46.9 Å². The number of hydrogen-bond acceptors (Lipinski definition) is 8. The lowest BCUT2D eigenvalue weighted by atomic mass is 9.66. The maximum Gasteiger partial charge on any atom is 0.264 e. The molecule has 0 radical (unpaired) electrons. The highest BCUT2D eigenvalue weighted by Gasteiger charge is 2.41. The molecule has 0 aliphatic heterocycles. The SMILES string of the molecule is NC(=O)c1sc(-c2ccc(NCC3(c4ncccc4F)CCC3)nn2)nc1O. The van der Waals surface area contributed by atoms with Crippen molar-refractivity contribution >= 4 is 23.1 Å². The molecule has 0 atom stereocenters. The molecule has 8 nitrogen and oxygen atoms in total. The smallest absolute Gasteiger partial charge is 0.264 e. The number of rotatable bonds is 6. The van der Waals surface area contributed by atoms with Crippen LogP contribution in [0.1, 0.15) is 34.6 Å². The highest BCUT2D eigenvalue weighted by atomic mass is 32.1. The zero-order valence-electron chi connectivity index (χ0n) is 14.7. The number of aromatic nitrogens is 4. The maximum atomic E-state index is 14.2. The van der Waals surface area contributed by atoms with E-state index < -0.39 is 11.8 Å². The number of pyridine rings is 1. The normalized spacial score (nSPS) is 15.0. The fourth-order valence-electron chi connectivity index (χ4n) is 3.26. The molecule has 1 aliphatic carbocycles. The van der Waals surface area contributed by atoms with Gasteiger partial charge >= 0.3 is 0 Å². The van der Waals surface area contributed by atoms with Crippen LogP contribution in [-0.4, -0.2) is 37.7 Å². The highest BCUT2D eigenvalue weighted by Crippen LogP contribution is 2.43. The second kappa shape index (κ2) is 7.12. The molecule has 3 aromatic heterocycles. The first-order valence-corrected chi connectivity index (χ1v) is 9.49. The number of primary amides is 1. The molecule has 144 valence electrons. The van der Waals surface area contributed by atoms with E-state index in [1.807, 2.05) is 0 Å². The van der Waals surface area contributed by atoms with Crippen molar-refractivity contribution in [2.75, 3.05) is 11.9 Å². The van der Waals surface area contributed by atoms with Crippen LogP contribution in [0.3, 0.4) is 0 Å². The molecule has 1 aliphatic rings. The third-order valence-corrected chi connectivity index (χ3v) is 5.98. The second-order valence-corrected chi connectivity index (χ2v) is 7.66. The zero-order chi connectivity index (χ0) is 19.7. The fraction of sp³-hybridized carbons (Fsp3) is 0.278. The lowest BCUT2D eigenvalue weighted by Crippen LogP contribution is -2.42. The van der Waals surface area contributed by atoms with Gasteiger partial charge in [-0.1, -0.05) is 6.42 Å². The number of carbonyl (C=O) groups is 1. The quantitative estimate of drug-likeness (QED) is 0.580. The number of anilines is 1. The Hall–Kier alpha value is -3.14. The first-order chi connectivity index (χ1) is 13.5. The molecule has 3 heterocycles. The predicted molar refractivity (Wildman–Crippen MR) is 102 cm³/mol. The molecular weight excluding hydrogens is 383 g/mol. The van der Waals surface area contributed by atoms with Crippen LogP contribution in [0.15, 0.2) is 30.5 Å². The minimum Gasteiger partial charge on any atom is -0.492 e. The standard InChI is InChI=1S/C18H17FN6O2S/c19-10-3-1-8-21-14(10)18(6-2-7-18)9-22-12-5-4-11(24-25-12)17-23-16(27)13(28-17)15(20)26/h1,3-5,8,27H,2,6-7,9H2,(H2,20,26)(H,22,25). The molecule has 4 N–H and O–H groups in total. The summed E-state index contributed by atoms with van der Waals surface area (Å²) in [7, 11) is 0. The van der Waals surface area contributed by atoms with E-state index in [-0.39, 0.29) is 16.1 Å². The summed E-state index contributed by atoms with van der Waals surface area (Å²) in [5.41, 5.74) is 5.73. The van der Waals surface area contributed by atoms with Gasteiger partial charge in [-0.3, -0.25) is 9.78 Å². The first-order valence-electron chi connectivity index (χ1n) is 8.67. The van der Waals surface area contributed by atoms with Gasteiger partial charge in [-0.25, -0.2) is 4.39 Å². The third-order valence-electron chi connectivity index (χ3n) is 4.90. The van der Waals surface area contributed by atoms with Crippen molar-refractivity contribution in [2.45, 2.75) is 24.7 Å². The Labute approximate surface area is 163 Å². The van der Waals surface area contributed by atoms with Crippen LogP contribution in [0.2, 0.25) is 0 Å². The van der Waals surface area contributed by atoms with Crippen molar-refractivity contribution < 1.29 is 14.3 Å². The van der Waals surface area contributed by atoms with Crippen LogP contribution in [0.25, 0.3) is 10.7 Å². The van der Waals surface area contributed by atoms with Crippen molar-refractivity contribution in [2.24, 2.45) is 5.73 Å². The number of carbonyl (C=O) groups excluding carboxylic acids is 1. The summed E-state index contributed by atoms with van der Waals surface area (Å²) >= 11 is 0.947. The number of halogens is 1. The molecule has 0 spiro atoms. The Morgan fingerprint density at radius 1 is 1.32 bits per heavy atom. The van der Waals surface area contributed by atoms with E-state index in [2.05, 4.69) is 25.5 Å². The van der Waals surface area contributed by atoms with Crippen LogP contribution in [0.5, 0.6) is 5.88 Å². The van der Waals surface area contributed by atoms with E-state index in [0.29, 0.717) is 28.8 Å². The predicted octanol–water partition coefficient (Wildman–Crippen LogP) is 2.47. The lowest BCUT2D eigenvalue weighted by Gasteiger charge is -2.41.